The van der Waals surface area contributed by atoms with Crippen molar-refractivity contribution < 1.29 is 4.74 Å². The van der Waals surface area contributed by atoms with Gasteiger partial charge in [-0.05, 0) is 63.4 Å². The van der Waals surface area contributed by atoms with Crippen molar-refractivity contribution in [3.63, 3.8) is 0 Å². The van der Waals surface area contributed by atoms with Gasteiger partial charge in [0.1, 0.15) is 0 Å². The van der Waals surface area contributed by atoms with Crippen LogP contribution in [0.15, 0.2) is 18.2 Å². The summed E-state index contributed by atoms with van der Waals surface area (Å²) in [5.74, 6) is 0.824. The number of nitrogens with two attached hydrogens (primary N) is 1. The molecule has 0 saturated carbocycles. The normalized spacial score (nSPS) is 21.3. The molecule has 2 aliphatic rings. The van der Waals surface area contributed by atoms with Crippen molar-refractivity contribution in [3.05, 3.63) is 23.8 Å². The largest absolute Gasteiger partial charge is 0.397 e. The van der Waals surface area contributed by atoms with Gasteiger partial charge in [-0.1, -0.05) is 13.0 Å². The van der Waals surface area contributed by atoms with Crippen molar-refractivity contribution in [1.82, 2.24) is 10.2 Å². The minimum absolute atomic E-state index is 0.000210. The number of hydrogen-bond donors (Lipinski definition) is 2. The molecule has 3 N–H and O–H groups in total. The standard InChI is InChI=1S/C21H36N4O/c1-17-6-11-25(12-7-17)20-16-18(4-5-19(20)22)21(8-14-26-15-9-21)23-10-13-24(2)3/h4-5,16-17,23H,6-15,22H2,1-3H3. The van der Waals surface area contributed by atoms with Crippen LogP contribution in [0, 0.1) is 5.92 Å². The Labute approximate surface area is 158 Å². The molecule has 146 valence electrons. The van der Waals surface area contributed by atoms with E-state index < -0.39 is 0 Å². The summed E-state index contributed by atoms with van der Waals surface area (Å²) in [6.07, 6.45) is 4.54. The maximum atomic E-state index is 6.37. The molecule has 1 aromatic rings. The van der Waals surface area contributed by atoms with Gasteiger partial charge in [0, 0.05) is 44.9 Å². The first-order valence-corrected chi connectivity index (χ1v) is 10.1. The Kier molecular flexibility index (Phi) is 6.43. The summed E-state index contributed by atoms with van der Waals surface area (Å²) in [5, 5.41) is 3.86. The number of nitrogen functional groups attached to an aromatic ring is 1. The Morgan fingerprint density at radius 2 is 1.92 bits per heavy atom. The van der Waals surface area contributed by atoms with Gasteiger partial charge >= 0.3 is 0 Å². The van der Waals surface area contributed by atoms with E-state index in [0.717, 1.165) is 63.8 Å². The molecule has 0 aliphatic carbocycles. The monoisotopic (exact) mass is 360 g/mol. The Balaban J connectivity index is 1.83. The number of rotatable bonds is 6. The third-order valence-corrected chi connectivity index (χ3v) is 6.08. The van der Waals surface area contributed by atoms with Gasteiger partial charge in [0.15, 0.2) is 0 Å². The second kappa shape index (κ2) is 8.59. The molecule has 2 saturated heterocycles. The van der Waals surface area contributed by atoms with Crippen molar-refractivity contribution in [1.29, 1.82) is 0 Å². The van der Waals surface area contributed by atoms with Crippen LogP contribution < -0.4 is 16.0 Å². The number of piperidine rings is 1. The van der Waals surface area contributed by atoms with Crippen LogP contribution in [0.1, 0.15) is 38.2 Å². The maximum absolute atomic E-state index is 6.37. The minimum Gasteiger partial charge on any atom is -0.397 e. The smallest absolute Gasteiger partial charge is 0.0603 e. The van der Waals surface area contributed by atoms with Crippen LogP contribution in [0.25, 0.3) is 0 Å². The number of nitrogens with one attached hydrogen (secondary N) is 1. The predicted molar refractivity (Wildman–Crippen MR) is 110 cm³/mol. The van der Waals surface area contributed by atoms with Gasteiger partial charge in [0.2, 0.25) is 0 Å². The Morgan fingerprint density at radius 1 is 1.23 bits per heavy atom. The highest BCUT2D eigenvalue weighted by Gasteiger charge is 2.34. The van der Waals surface area contributed by atoms with E-state index in [1.165, 1.54) is 24.1 Å². The number of likely N-dealkylation sites (N-methyl/N-ethyl adjacent to an activating group) is 1. The lowest BCUT2D eigenvalue weighted by Crippen LogP contribution is -2.48. The zero-order chi connectivity index (χ0) is 18.6. The van der Waals surface area contributed by atoms with Gasteiger partial charge in [-0.3, -0.25) is 0 Å². The summed E-state index contributed by atoms with van der Waals surface area (Å²) in [6.45, 7) is 8.22. The highest BCUT2D eigenvalue weighted by Crippen LogP contribution is 2.37. The number of benzene rings is 1. The molecule has 26 heavy (non-hydrogen) atoms. The van der Waals surface area contributed by atoms with E-state index in [1.54, 1.807) is 0 Å². The van der Waals surface area contributed by atoms with Crippen molar-refractivity contribution in [3.8, 4) is 0 Å². The lowest BCUT2D eigenvalue weighted by molar-refractivity contribution is 0.0361. The molecule has 0 aromatic heterocycles. The third-order valence-electron chi connectivity index (χ3n) is 6.08. The molecular weight excluding hydrogens is 324 g/mol. The Morgan fingerprint density at radius 3 is 2.58 bits per heavy atom. The highest BCUT2D eigenvalue weighted by atomic mass is 16.5. The number of anilines is 2. The average molecular weight is 361 g/mol. The third kappa shape index (κ3) is 4.51. The molecule has 0 unspecified atom stereocenters. The summed E-state index contributed by atoms with van der Waals surface area (Å²) in [7, 11) is 4.24. The number of ether oxygens (including phenoxy) is 1. The second-order valence-corrected chi connectivity index (χ2v) is 8.37. The molecule has 5 nitrogen and oxygen atoms in total. The maximum Gasteiger partial charge on any atom is 0.0603 e. The van der Waals surface area contributed by atoms with Gasteiger partial charge in [-0.2, -0.15) is 0 Å². The van der Waals surface area contributed by atoms with Gasteiger partial charge in [0.25, 0.3) is 0 Å². The fourth-order valence-corrected chi connectivity index (χ4v) is 4.17. The molecule has 0 bridgehead atoms. The molecule has 2 fully saturated rings. The summed E-state index contributed by atoms with van der Waals surface area (Å²) < 4.78 is 5.67. The van der Waals surface area contributed by atoms with Crippen molar-refractivity contribution in [2.24, 2.45) is 5.92 Å². The van der Waals surface area contributed by atoms with E-state index in [2.05, 4.69) is 54.3 Å². The van der Waals surface area contributed by atoms with E-state index in [9.17, 15) is 0 Å². The van der Waals surface area contributed by atoms with Gasteiger partial charge in [-0.15, -0.1) is 0 Å². The molecule has 5 heteroatoms. The van der Waals surface area contributed by atoms with Crippen LogP contribution >= 0.6 is 0 Å². The molecule has 0 amide bonds. The van der Waals surface area contributed by atoms with Crippen molar-refractivity contribution >= 4 is 11.4 Å². The topological polar surface area (TPSA) is 53.8 Å². The molecule has 2 aliphatic heterocycles. The van der Waals surface area contributed by atoms with E-state index in [0.29, 0.717) is 0 Å². The summed E-state index contributed by atoms with van der Waals surface area (Å²) >= 11 is 0. The summed E-state index contributed by atoms with van der Waals surface area (Å²) in [4.78, 5) is 4.70. The Hall–Kier alpha value is -1.30. The minimum atomic E-state index is -0.000210. The Bertz CT molecular complexity index is 575. The zero-order valence-electron chi connectivity index (χ0n) is 16.8. The van der Waals surface area contributed by atoms with Crippen LogP contribution in [0.3, 0.4) is 0 Å². The van der Waals surface area contributed by atoms with E-state index in [1.807, 2.05) is 0 Å². The number of nitrogens with zero attached hydrogens (tertiary/aromatic N) is 2. The molecular formula is C21H36N4O. The molecule has 3 rings (SSSR count). The van der Waals surface area contributed by atoms with Gasteiger partial charge in [0.05, 0.1) is 11.4 Å². The first kappa shape index (κ1) is 19.5. The van der Waals surface area contributed by atoms with E-state index in [4.69, 9.17) is 10.5 Å². The lowest BCUT2D eigenvalue weighted by atomic mass is 9.82. The molecule has 1 aromatic carbocycles. The van der Waals surface area contributed by atoms with Crippen molar-refractivity contribution in [2.45, 2.75) is 38.1 Å². The lowest BCUT2D eigenvalue weighted by Gasteiger charge is -2.40. The summed E-state index contributed by atoms with van der Waals surface area (Å²) in [5.41, 5.74) is 9.86. The van der Waals surface area contributed by atoms with Gasteiger partial charge in [-0.25, -0.2) is 0 Å². The van der Waals surface area contributed by atoms with Crippen LogP contribution in [0.5, 0.6) is 0 Å². The molecule has 0 atom stereocenters. The van der Waals surface area contributed by atoms with E-state index in [-0.39, 0.29) is 5.54 Å². The first-order chi connectivity index (χ1) is 12.5. The fourth-order valence-electron chi connectivity index (χ4n) is 4.17. The zero-order valence-corrected chi connectivity index (χ0v) is 16.8. The van der Waals surface area contributed by atoms with Crippen molar-refractivity contribution in [2.75, 3.05) is 64.1 Å². The highest BCUT2D eigenvalue weighted by molar-refractivity contribution is 5.69. The van der Waals surface area contributed by atoms with E-state index >= 15 is 0 Å². The second-order valence-electron chi connectivity index (χ2n) is 8.37. The number of hydrogen-bond acceptors (Lipinski definition) is 5. The van der Waals surface area contributed by atoms with Crippen LogP contribution in [-0.4, -0.2) is 58.4 Å². The van der Waals surface area contributed by atoms with Crippen LogP contribution in [0.2, 0.25) is 0 Å². The molecule has 2 heterocycles. The average Bonchev–Trinajstić information content (AvgIpc) is 2.63. The predicted octanol–water partition coefficient (Wildman–Crippen LogP) is 2.66. The fraction of sp³-hybridized carbons (Fsp3) is 0.714. The SMILES string of the molecule is CC1CCN(c2cc(C3(NCCN(C)C)CCOCC3)ccc2N)CC1. The van der Waals surface area contributed by atoms with Crippen LogP contribution in [-0.2, 0) is 10.3 Å². The van der Waals surface area contributed by atoms with Crippen LogP contribution in [0.4, 0.5) is 11.4 Å². The molecule has 0 radical (unpaired) electrons. The molecule has 0 spiro atoms. The summed E-state index contributed by atoms with van der Waals surface area (Å²) in [6, 6.07) is 6.67. The van der Waals surface area contributed by atoms with Gasteiger partial charge < -0.3 is 25.6 Å². The quantitative estimate of drug-likeness (QED) is 0.764. The first-order valence-electron chi connectivity index (χ1n) is 10.1.